The summed E-state index contributed by atoms with van der Waals surface area (Å²) >= 11 is 0. The van der Waals surface area contributed by atoms with E-state index in [2.05, 4.69) is 27.5 Å². The maximum atomic E-state index is 9.53. The van der Waals surface area contributed by atoms with E-state index in [4.69, 9.17) is 0 Å². The number of nitrogens with one attached hydrogen (secondary N) is 2. The predicted molar refractivity (Wildman–Crippen MR) is 81.0 cm³/mol. The molecule has 1 rings (SSSR count). The molecule has 0 saturated heterocycles. The van der Waals surface area contributed by atoms with Crippen LogP contribution in [0.5, 0.6) is 0 Å². The van der Waals surface area contributed by atoms with Crippen LogP contribution in [-0.2, 0) is 6.42 Å². The average Bonchev–Trinajstić information content (AvgIpc) is 2.50. The summed E-state index contributed by atoms with van der Waals surface area (Å²) in [6, 6.07) is 0. The van der Waals surface area contributed by atoms with Gasteiger partial charge in [0.2, 0.25) is 0 Å². The molecule has 1 heterocycles. The quantitative estimate of drug-likeness (QED) is 0.547. The Bertz CT molecular complexity index is 400. The van der Waals surface area contributed by atoms with Gasteiger partial charge in [0.05, 0.1) is 18.8 Å². The zero-order valence-electron chi connectivity index (χ0n) is 12.6. The number of aliphatic hydroxyl groups excluding tert-OH is 2. The van der Waals surface area contributed by atoms with Gasteiger partial charge in [-0.1, -0.05) is 20.8 Å². The van der Waals surface area contributed by atoms with Gasteiger partial charge in [-0.15, -0.1) is 0 Å². The highest BCUT2D eigenvalue weighted by Crippen LogP contribution is 2.24. The largest absolute Gasteiger partial charge is 0.394 e. The minimum absolute atomic E-state index is 0.148. The lowest BCUT2D eigenvalue weighted by molar-refractivity contribution is 0.132. The summed E-state index contributed by atoms with van der Waals surface area (Å²) in [5.41, 5.74) is 0.223. The molecule has 0 bridgehead atoms. The fraction of sp³-hybridized carbons (Fsp3) is 0.714. The minimum Gasteiger partial charge on any atom is -0.394 e. The maximum Gasteiger partial charge on any atom is 0.135 e. The van der Waals surface area contributed by atoms with E-state index in [0.29, 0.717) is 12.2 Å². The summed E-state index contributed by atoms with van der Waals surface area (Å²) < 4.78 is 0. The third kappa shape index (κ3) is 3.80. The Morgan fingerprint density at radius 1 is 1.10 bits per heavy atom. The van der Waals surface area contributed by atoms with Crippen molar-refractivity contribution in [2.75, 3.05) is 30.4 Å². The zero-order chi connectivity index (χ0) is 15.0. The molecule has 6 heteroatoms. The summed E-state index contributed by atoms with van der Waals surface area (Å²) in [4.78, 5) is 8.53. The van der Waals surface area contributed by atoms with Crippen LogP contribution in [0.4, 0.5) is 11.6 Å². The maximum absolute atomic E-state index is 9.53. The molecular weight excluding hydrogens is 256 g/mol. The van der Waals surface area contributed by atoms with Gasteiger partial charge < -0.3 is 20.8 Å². The van der Waals surface area contributed by atoms with E-state index in [1.807, 2.05) is 13.8 Å². The Morgan fingerprint density at radius 2 is 1.75 bits per heavy atom. The third-order valence-corrected chi connectivity index (χ3v) is 3.51. The van der Waals surface area contributed by atoms with Crippen LogP contribution in [0.2, 0.25) is 0 Å². The molecule has 1 aromatic rings. The third-order valence-electron chi connectivity index (χ3n) is 3.51. The van der Waals surface area contributed by atoms with Crippen molar-refractivity contribution < 1.29 is 10.2 Å². The van der Waals surface area contributed by atoms with Gasteiger partial charge in [0.15, 0.2) is 0 Å². The summed E-state index contributed by atoms with van der Waals surface area (Å²) in [6.07, 6.45) is 3.88. The van der Waals surface area contributed by atoms with Crippen LogP contribution < -0.4 is 10.6 Å². The number of hydrogen-bond donors (Lipinski definition) is 4. The number of anilines is 2. The van der Waals surface area contributed by atoms with Crippen LogP contribution in [-0.4, -0.2) is 45.5 Å². The van der Waals surface area contributed by atoms with Crippen LogP contribution in [0.15, 0.2) is 6.33 Å². The molecule has 114 valence electrons. The van der Waals surface area contributed by atoms with E-state index < -0.39 is 5.54 Å². The molecule has 0 spiro atoms. The van der Waals surface area contributed by atoms with Crippen molar-refractivity contribution in [3.8, 4) is 0 Å². The molecule has 0 aliphatic carbocycles. The summed E-state index contributed by atoms with van der Waals surface area (Å²) in [6.45, 7) is 6.60. The number of aliphatic hydroxyl groups is 2. The molecule has 0 aromatic carbocycles. The van der Waals surface area contributed by atoms with E-state index in [-0.39, 0.29) is 13.2 Å². The van der Waals surface area contributed by atoms with Gasteiger partial charge in [0, 0.05) is 12.1 Å². The van der Waals surface area contributed by atoms with Crippen LogP contribution in [0.1, 0.15) is 39.2 Å². The van der Waals surface area contributed by atoms with Crippen molar-refractivity contribution >= 4 is 11.6 Å². The standard InChI is InChI=1S/C14H26N4O2/c1-4-7-15-12-11(5-2)13(17-10-16-12)18-14(6-3,8-19)9-20/h10,19-20H,4-9H2,1-3H3,(H2,15,16,17,18). The number of hydrogen-bond acceptors (Lipinski definition) is 6. The van der Waals surface area contributed by atoms with Gasteiger partial charge in [-0.3, -0.25) is 0 Å². The molecule has 0 aliphatic rings. The van der Waals surface area contributed by atoms with Crippen LogP contribution in [0.25, 0.3) is 0 Å². The second-order valence-electron chi connectivity index (χ2n) is 4.90. The average molecular weight is 282 g/mol. The smallest absolute Gasteiger partial charge is 0.135 e. The summed E-state index contributed by atoms with van der Waals surface area (Å²) in [5.74, 6) is 1.48. The normalized spacial score (nSPS) is 11.4. The highest BCUT2D eigenvalue weighted by atomic mass is 16.3. The fourth-order valence-corrected chi connectivity index (χ4v) is 1.94. The first-order valence-electron chi connectivity index (χ1n) is 7.24. The molecule has 0 fully saturated rings. The molecule has 6 nitrogen and oxygen atoms in total. The van der Waals surface area contributed by atoms with Crippen LogP contribution >= 0.6 is 0 Å². The SMILES string of the molecule is CCCNc1ncnc(NC(CC)(CO)CO)c1CC. The Balaban J connectivity index is 3.05. The zero-order valence-corrected chi connectivity index (χ0v) is 12.6. The number of nitrogens with zero attached hydrogens (tertiary/aromatic N) is 2. The van der Waals surface area contributed by atoms with Gasteiger partial charge in [-0.2, -0.15) is 0 Å². The molecule has 0 amide bonds. The summed E-state index contributed by atoms with van der Waals surface area (Å²) in [5, 5.41) is 25.5. The van der Waals surface area contributed by atoms with E-state index in [1.54, 1.807) is 0 Å². The molecule has 20 heavy (non-hydrogen) atoms. The highest BCUT2D eigenvalue weighted by Gasteiger charge is 2.28. The number of rotatable bonds is 9. The van der Waals surface area contributed by atoms with Crippen molar-refractivity contribution in [2.24, 2.45) is 0 Å². The monoisotopic (exact) mass is 282 g/mol. The van der Waals surface area contributed by atoms with E-state index in [9.17, 15) is 10.2 Å². The van der Waals surface area contributed by atoms with Gasteiger partial charge in [-0.25, -0.2) is 9.97 Å². The van der Waals surface area contributed by atoms with Gasteiger partial charge in [0.1, 0.15) is 18.0 Å². The molecule has 0 aliphatic heterocycles. The van der Waals surface area contributed by atoms with Gasteiger partial charge in [0.25, 0.3) is 0 Å². The Labute approximate surface area is 120 Å². The molecule has 0 radical (unpaired) electrons. The highest BCUT2D eigenvalue weighted by molar-refractivity contribution is 5.58. The fourth-order valence-electron chi connectivity index (χ4n) is 1.94. The molecule has 0 unspecified atom stereocenters. The van der Waals surface area contributed by atoms with Gasteiger partial charge in [-0.05, 0) is 19.3 Å². The Morgan fingerprint density at radius 3 is 2.25 bits per heavy atom. The molecule has 0 atom stereocenters. The molecule has 4 N–H and O–H groups in total. The number of aromatic nitrogens is 2. The second kappa shape index (κ2) is 8.01. The predicted octanol–water partition coefficient (Wildman–Crippen LogP) is 1.41. The van der Waals surface area contributed by atoms with E-state index in [0.717, 1.165) is 30.8 Å². The van der Waals surface area contributed by atoms with Crippen molar-refractivity contribution in [1.82, 2.24) is 9.97 Å². The second-order valence-corrected chi connectivity index (χ2v) is 4.90. The first-order valence-corrected chi connectivity index (χ1v) is 7.24. The molecular formula is C14H26N4O2. The lowest BCUT2D eigenvalue weighted by atomic mass is 9.98. The van der Waals surface area contributed by atoms with Gasteiger partial charge >= 0.3 is 0 Å². The van der Waals surface area contributed by atoms with Crippen molar-refractivity contribution in [3.63, 3.8) is 0 Å². The lowest BCUT2D eigenvalue weighted by Gasteiger charge is -2.31. The first kappa shape index (κ1) is 16.7. The Hall–Kier alpha value is -1.40. The van der Waals surface area contributed by atoms with Crippen molar-refractivity contribution in [1.29, 1.82) is 0 Å². The van der Waals surface area contributed by atoms with E-state index in [1.165, 1.54) is 6.33 Å². The summed E-state index contributed by atoms with van der Waals surface area (Å²) in [7, 11) is 0. The van der Waals surface area contributed by atoms with Crippen molar-refractivity contribution in [2.45, 2.75) is 45.6 Å². The first-order chi connectivity index (χ1) is 9.66. The molecule has 1 aromatic heterocycles. The van der Waals surface area contributed by atoms with Crippen LogP contribution in [0.3, 0.4) is 0 Å². The van der Waals surface area contributed by atoms with E-state index >= 15 is 0 Å². The van der Waals surface area contributed by atoms with Crippen LogP contribution in [0, 0.1) is 0 Å². The van der Waals surface area contributed by atoms with Crippen molar-refractivity contribution in [3.05, 3.63) is 11.9 Å². The molecule has 0 saturated carbocycles. The lowest BCUT2D eigenvalue weighted by Crippen LogP contribution is -2.45. The topological polar surface area (TPSA) is 90.3 Å². The minimum atomic E-state index is -0.750. The Kier molecular flexibility index (Phi) is 6.67.